The second-order valence-corrected chi connectivity index (χ2v) is 9.47. The minimum Gasteiger partial charge on any atom is -0.381 e. The SMILES string of the molecule is CC1=CCNc2c1cccc2-c1c(F)cc2c(c1C1CC1)-n1c(C)nnc1C(C)(C)N2. The summed E-state index contributed by atoms with van der Waals surface area (Å²) in [4.78, 5) is 0. The number of hydrogen-bond acceptors (Lipinski definition) is 4. The molecule has 2 aromatic carbocycles. The molecule has 6 rings (SSSR count). The molecule has 1 fully saturated rings. The molecule has 0 bridgehead atoms. The van der Waals surface area contributed by atoms with Crippen LogP contribution in [0.3, 0.4) is 0 Å². The van der Waals surface area contributed by atoms with Gasteiger partial charge in [0.2, 0.25) is 0 Å². The number of nitrogens with zero attached hydrogens (tertiary/aromatic N) is 3. The number of allylic oxidation sites excluding steroid dienone is 1. The molecule has 158 valence electrons. The molecule has 1 aliphatic carbocycles. The molecule has 1 saturated carbocycles. The molecule has 3 aliphatic rings. The Labute approximate surface area is 181 Å². The summed E-state index contributed by atoms with van der Waals surface area (Å²) in [5.41, 5.74) is 7.50. The third-order valence-electron chi connectivity index (χ3n) is 6.78. The fourth-order valence-electron chi connectivity index (χ4n) is 5.16. The van der Waals surface area contributed by atoms with Gasteiger partial charge in [-0.25, -0.2) is 4.39 Å². The molecule has 0 radical (unpaired) electrons. The van der Waals surface area contributed by atoms with Crippen molar-refractivity contribution in [3.63, 3.8) is 0 Å². The van der Waals surface area contributed by atoms with Gasteiger partial charge in [-0.3, -0.25) is 4.57 Å². The molecular formula is C25H26FN5. The van der Waals surface area contributed by atoms with Crippen molar-refractivity contribution in [3.05, 3.63) is 58.9 Å². The third-order valence-corrected chi connectivity index (χ3v) is 6.78. The number of aromatic nitrogens is 3. The largest absolute Gasteiger partial charge is 0.381 e. The van der Waals surface area contributed by atoms with Gasteiger partial charge >= 0.3 is 0 Å². The second-order valence-electron chi connectivity index (χ2n) is 9.47. The molecule has 0 spiro atoms. The summed E-state index contributed by atoms with van der Waals surface area (Å²) < 4.78 is 18.0. The van der Waals surface area contributed by atoms with E-state index in [9.17, 15) is 0 Å². The third kappa shape index (κ3) is 2.60. The Bertz CT molecular complexity index is 1280. The van der Waals surface area contributed by atoms with Gasteiger partial charge in [0.25, 0.3) is 0 Å². The quantitative estimate of drug-likeness (QED) is 0.560. The number of halogens is 1. The van der Waals surface area contributed by atoms with Crippen molar-refractivity contribution in [1.82, 2.24) is 14.8 Å². The van der Waals surface area contributed by atoms with Crippen LogP contribution in [0.25, 0.3) is 22.4 Å². The van der Waals surface area contributed by atoms with E-state index in [4.69, 9.17) is 0 Å². The van der Waals surface area contributed by atoms with Crippen molar-refractivity contribution < 1.29 is 4.39 Å². The van der Waals surface area contributed by atoms with E-state index in [0.717, 1.165) is 64.8 Å². The van der Waals surface area contributed by atoms with E-state index in [-0.39, 0.29) is 5.82 Å². The zero-order valence-corrected chi connectivity index (χ0v) is 18.3. The highest BCUT2D eigenvalue weighted by Crippen LogP contribution is 2.53. The molecule has 0 saturated heterocycles. The summed E-state index contributed by atoms with van der Waals surface area (Å²) in [7, 11) is 0. The van der Waals surface area contributed by atoms with Crippen LogP contribution in [-0.2, 0) is 5.54 Å². The molecule has 3 aromatic rings. The van der Waals surface area contributed by atoms with E-state index in [2.05, 4.69) is 58.3 Å². The fraction of sp³-hybridized carbons (Fsp3) is 0.360. The van der Waals surface area contributed by atoms with Gasteiger partial charge in [0.15, 0.2) is 5.82 Å². The maximum absolute atomic E-state index is 15.9. The van der Waals surface area contributed by atoms with Gasteiger partial charge in [0.1, 0.15) is 11.6 Å². The standard InChI is InChI=1S/C25H26FN5/c1-13-10-11-27-22-16(13)6-5-7-17(22)21-18(26)12-19-23(20(21)15-8-9-15)31-14(2)29-30-24(31)25(3,4)28-19/h5-7,10,12,15,27-28H,8-9,11H2,1-4H3. The first-order valence-corrected chi connectivity index (χ1v) is 11.0. The summed E-state index contributed by atoms with van der Waals surface area (Å²) in [5, 5.41) is 15.9. The van der Waals surface area contributed by atoms with Crippen LogP contribution in [-0.4, -0.2) is 21.3 Å². The van der Waals surface area contributed by atoms with Gasteiger partial charge in [-0.05, 0) is 63.7 Å². The Kier molecular flexibility index (Phi) is 3.71. The first-order valence-electron chi connectivity index (χ1n) is 11.0. The number of fused-ring (bicyclic) bond motifs is 4. The summed E-state index contributed by atoms with van der Waals surface area (Å²) >= 11 is 0. The average Bonchev–Trinajstić information content (AvgIpc) is 3.49. The molecular weight excluding hydrogens is 389 g/mol. The summed E-state index contributed by atoms with van der Waals surface area (Å²) in [6.07, 6.45) is 4.32. The van der Waals surface area contributed by atoms with Crippen molar-refractivity contribution in [2.45, 2.75) is 52.0 Å². The summed E-state index contributed by atoms with van der Waals surface area (Å²) in [6.45, 7) is 8.97. The van der Waals surface area contributed by atoms with Crippen LogP contribution in [0.4, 0.5) is 15.8 Å². The van der Waals surface area contributed by atoms with E-state index in [0.29, 0.717) is 11.5 Å². The monoisotopic (exact) mass is 415 g/mol. The lowest BCUT2D eigenvalue weighted by atomic mass is 9.87. The smallest absolute Gasteiger partial charge is 0.162 e. The Morgan fingerprint density at radius 3 is 2.68 bits per heavy atom. The molecule has 0 amide bonds. The van der Waals surface area contributed by atoms with Crippen LogP contribution in [0.5, 0.6) is 0 Å². The van der Waals surface area contributed by atoms with Crippen molar-refractivity contribution in [3.8, 4) is 16.8 Å². The van der Waals surface area contributed by atoms with Crippen molar-refractivity contribution >= 4 is 16.9 Å². The van der Waals surface area contributed by atoms with Gasteiger partial charge in [-0.15, -0.1) is 10.2 Å². The highest BCUT2D eigenvalue weighted by atomic mass is 19.1. The molecule has 2 N–H and O–H groups in total. The highest BCUT2D eigenvalue weighted by molar-refractivity contribution is 5.93. The van der Waals surface area contributed by atoms with Crippen LogP contribution < -0.4 is 10.6 Å². The Morgan fingerprint density at radius 1 is 1.13 bits per heavy atom. The van der Waals surface area contributed by atoms with Gasteiger partial charge in [0.05, 0.1) is 16.9 Å². The molecule has 0 atom stereocenters. The number of nitrogens with one attached hydrogen (secondary N) is 2. The Balaban J connectivity index is 1.69. The topological polar surface area (TPSA) is 54.8 Å². The lowest BCUT2D eigenvalue weighted by molar-refractivity contribution is 0.531. The Morgan fingerprint density at radius 2 is 1.90 bits per heavy atom. The fourth-order valence-corrected chi connectivity index (χ4v) is 5.16. The van der Waals surface area contributed by atoms with Crippen molar-refractivity contribution in [1.29, 1.82) is 0 Å². The van der Waals surface area contributed by atoms with Crippen molar-refractivity contribution in [2.75, 3.05) is 17.2 Å². The first-order chi connectivity index (χ1) is 14.9. The van der Waals surface area contributed by atoms with Crippen LogP contribution >= 0.6 is 0 Å². The predicted octanol–water partition coefficient (Wildman–Crippen LogP) is 5.75. The number of benzene rings is 2. The number of hydrogen-bond donors (Lipinski definition) is 2. The van der Waals surface area contributed by atoms with Crippen LogP contribution in [0.2, 0.25) is 0 Å². The van der Waals surface area contributed by atoms with Gasteiger partial charge in [-0.1, -0.05) is 24.3 Å². The predicted molar refractivity (Wildman–Crippen MR) is 122 cm³/mol. The number of para-hydroxylation sites is 1. The number of anilines is 2. The highest BCUT2D eigenvalue weighted by Gasteiger charge is 2.40. The molecule has 2 aliphatic heterocycles. The summed E-state index contributed by atoms with van der Waals surface area (Å²) in [5.74, 6) is 1.86. The average molecular weight is 416 g/mol. The van der Waals surface area contributed by atoms with E-state index in [1.165, 1.54) is 5.57 Å². The van der Waals surface area contributed by atoms with Gasteiger partial charge in [-0.2, -0.15) is 0 Å². The zero-order valence-electron chi connectivity index (χ0n) is 18.3. The van der Waals surface area contributed by atoms with Crippen LogP contribution in [0.1, 0.15) is 62.3 Å². The van der Waals surface area contributed by atoms with E-state index >= 15 is 4.39 Å². The lowest BCUT2D eigenvalue weighted by Crippen LogP contribution is -2.36. The van der Waals surface area contributed by atoms with Gasteiger partial charge < -0.3 is 10.6 Å². The van der Waals surface area contributed by atoms with Crippen molar-refractivity contribution in [2.24, 2.45) is 0 Å². The summed E-state index contributed by atoms with van der Waals surface area (Å²) in [6, 6.07) is 7.84. The number of rotatable bonds is 2. The maximum Gasteiger partial charge on any atom is 0.162 e. The Hall–Kier alpha value is -3.15. The lowest BCUT2D eigenvalue weighted by Gasteiger charge is -2.36. The minimum absolute atomic E-state index is 0.180. The molecule has 31 heavy (non-hydrogen) atoms. The van der Waals surface area contributed by atoms with Crippen LogP contribution in [0.15, 0.2) is 30.3 Å². The zero-order chi connectivity index (χ0) is 21.5. The molecule has 3 heterocycles. The van der Waals surface area contributed by atoms with Crippen LogP contribution in [0, 0.1) is 12.7 Å². The van der Waals surface area contributed by atoms with E-state index in [1.807, 2.05) is 19.1 Å². The van der Waals surface area contributed by atoms with E-state index < -0.39 is 5.54 Å². The molecule has 0 unspecified atom stereocenters. The minimum atomic E-state index is -0.432. The molecule has 1 aromatic heterocycles. The van der Waals surface area contributed by atoms with Gasteiger partial charge in [0, 0.05) is 28.9 Å². The normalized spacial score (nSPS) is 18.3. The second kappa shape index (κ2) is 6.19. The number of aryl methyl sites for hydroxylation is 1. The first kappa shape index (κ1) is 18.6. The molecule has 5 nitrogen and oxygen atoms in total. The maximum atomic E-state index is 15.9. The molecule has 6 heteroatoms. The van der Waals surface area contributed by atoms with E-state index in [1.54, 1.807) is 6.07 Å².